The van der Waals surface area contributed by atoms with Crippen LogP contribution in [-0.4, -0.2) is 22.0 Å². The fraction of sp³-hybridized carbons (Fsp3) is 0.444. The zero-order valence-corrected chi connectivity index (χ0v) is 9.13. The number of hydrogen-bond donors (Lipinski definition) is 2. The second-order valence-electron chi connectivity index (χ2n) is 3.05. The van der Waals surface area contributed by atoms with Crippen molar-refractivity contribution in [1.82, 2.24) is 10.3 Å². The molecule has 15 heavy (non-hydrogen) atoms. The van der Waals surface area contributed by atoms with Gasteiger partial charge in [0.15, 0.2) is 0 Å². The second kappa shape index (κ2) is 5.45. The van der Waals surface area contributed by atoms with Gasteiger partial charge in [0.1, 0.15) is 5.01 Å². The molecule has 1 heterocycles. The number of aliphatic carboxylic acids is 1. The molecule has 1 rings (SSSR count). The predicted molar refractivity (Wildman–Crippen MR) is 55.6 cm³/mol. The first-order valence-electron chi connectivity index (χ1n) is 4.47. The zero-order chi connectivity index (χ0) is 11.3. The summed E-state index contributed by atoms with van der Waals surface area (Å²) in [4.78, 5) is 25.5. The van der Waals surface area contributed by atoms with Gasteiger partial charge in [0.05, 0.1) is 13.0 Å². The number of aromatic nitrogens is 1. The summed E-state index contributed by atoms with van der Waals surface area (Å²) in [6, 6.07) is 0. The lowest BCUT2D eigenvalue weighted by Gasteiger charge is -2.00. The molecule has 6 heteroatoms. The molecule has 2 N–H and O–H groups in total. The predicted octanol–water partition coefficient (Wildman–Crippen LogP) is 0.933. The summed E-state index contributed by atoms with van der Waals surface area (Å²) in [5, 5.41) is 13.7. The molecule has 0 saturated heterocycles. The molecule has 1 aromatic rings. The van der Waals surface area contributed by atoms with Crippen molar-refractivity contribution in [3.05, 3.63) is 16.1 Å². The van der Waals surface area contributed by atoms with Crippen LogP contribution in [0.15, 0.2) is 5.38 Å². The van der Waals surface area contributed by atoms with Gasteiger partial charge in [0.2, 0.25) is 5.91 Å². The van der Waals surface area contributed by atoms with Crippen LogP contribution in [0.1, 0.15) is 23.5 Å². The average molecular weight is 228 g/mol. The third kappa shape index (κ3) is 4.55. The molecule has 0 fully saturated rings. The first-order chi connectivity index (χ1) is 7.08. The lowest BCUT2D eigenvalue weighted by molar-refractivity contribution is -0.138. The van der Waals surface area contributed by atoms with Crippen molar-refractivity contribution in [3.63, 3.8) is 0 Å². The van der Waals surface area contributed by atoms with Gasteiger partial charge in [-0.2, -0.15) is 0 Å². The molecule has 0 atom stereocenters. The van der Waals surface area contributed by atoms with E-state index < -0.39 is 5.97 Å². The summed E-state index contributed by atoms with van der Waals surface area (Å²) in [5.74, 6) is -1.22. The van der Waals surface area contributed by atoms with E-state index in [9.17, 15) is 9.59 Å². The molecule has 0 aliphatic heterocycles. The van der Waals surface area contributed by atoms with Crippen LogP contribution < -0.4 is 5.32 Å². The highest BCUT2D eigenvalue weighted by Crippen LogP contribution is 2.07. The van der Waals surface area contributed by atoms with Crippen LogP contribution in [0.25, 0.3) is 0 Å². The van der Waals surface area contributed by atoms with Gasteiger partial charge in [-0.1, -0.05) is 0 Å². The van der Waals surface area contributed by atoms with Crippen LogP contribution in [-0.2, 0) is 16.1 Å². The first kappa shape index (κ1) is 11.6. The van der Waals surface area contributed by atoms with E-state index in [0.717, 1.165) is 10.7 Å². The van der Waals surface area contributed by atoms with E-state index in [1.165, 1.54) is 11.3 Å². The van der Waals surface area contributed by atoms with E-state index in [4.69, 9.17) is 5.11 Å². The maximum Gasteiger partial charge on any atom is 0.303 e. The SMILES string of the molecule is Cc1csc(CNC(=O)CCC(=O)O)n1. The Morgan fingerprint density at radius 2 is 2.27 bits per heavy atom. The maximum atomic E-state index is 11.1. The van der Waals surface area contributed by atoms with E-state index in [1.807, 2.05) is 12.3 Å². The highest BCUT2D eigenvalue weighted by Gasteiger charge is 2.05. The lowest BCUT2D eigenvalue weighted by Crippen LogP contribution is -2.23. The number of nitrogens with one attached hydrogen (secondary N) is 1. The van der Waals surface area contributed by atoms with Crippen molar-refractivity contribution >= 4 is 23.2 Å². The van der Waals surface area contributed by atoms with Crippen LogP contribution in [0, 0.1) is 6.92 Å². The molecule has 0 radical (unpaired) electrons. The van der Waals surface area contributed by atoms with Gasteiger partial charge in [-0.05, 0) is 6.92 Å². The van der Waals surface area contributed by atoms with Crippen molar-refractivity contribution in [2.24, 2.45) is 0 Å². The van der Waals surface area contributed by atoms with Gasteiger partial charge in [0, 0.05) is 17.5 Å². The summed E-state index contributed by atoms with van der Waals surface area (Å²) in [6.45, 7) is 2.25. The van der Waals surface area contributed by atoms with Gasteiger partial charge in [-0.15, -0.1) is 11.3 Å². The van der Waals surface area contributed by atoms with E-state index in [2.05, 4.69) is 10.3 Å². The highest BCUT2D eigenvalue weighted by molar-refractivity contribution is 7.09. The number of thiazole rings is 1. The highest BCUT2D eigenvalue weighted by atomic mass is 32.1. The Labute approximate surface area is 91.1 Å². The molecular weight excluding hydrogens is 216 g/mol. The lowest BCUT2D eigenvalue weighted by atomic mass is 10.3. The van der Waals surface area contributed by atoms with Crippen LogP contribution in [0.3, 0.4) is 0 Å². The minimum atomic E-state index is -0.963. The summed E-state index contributed by atoms with van der Waals surface area (Å²) in [7, 11) is 0. The molecule has 82 valence electrons. The monoisotopic (exact) mass is 228 g/mol. The van der Waals surface area contributed by atoms with Gasteiger partial charge in [-0.3, -0.25) is 9.59 Å². The van der Waals surface area contributed by atoms with Gasteiger partial charge >= 0.3 is 5.97 Å². The number of amides is 1. The van der Waals surface area contributed by atoms with Crippen LogP contribution in [0.2, 0.25) is 0 Å². The topological polar surface area (TPSA) is 79.3 Å². The number of nitrogens with zero attached hydrogens (tertiary/aromatic N) is 1. The molecule has 0 aliphatic rings. The van der Waals surface area contributed by atoms with Crippen molar-refractivity contribution in [1.29, 1.82) is 0 Å². The minimum Gasteiger partial charge on any atom is -0.481 e. The Kier molecular flexibility index (Phi) is 4.23. The molecule has 0 spiro atoms. The first-order valence-corrected chi connectivity index (χ1v) is 5.35. The summed E-state index contributed by atoms with van der Waals surface area (Å²) >= 11 is 1.47. The number of carboxylic acids is 1. The van der Waals surface area contributed by atoms with Gasteiger partial charge in [-0.25, -0.2) is 4.98 Å². The third-order valence-corrected chi connectivity index (χ3v) is 2.64. The largest absolute Gasteiger partial charge is 0.481 e. The maximum absolute atomic E-state index is 11.1. The number of aryl methyl sites for hydroxylation is 1. The second-order valence-corrected chi connectivity index (χ2v) is 4.00. The number of carboxylic acid groups (broad SMARTS) is 1. The molecule has 1 amide bonds. The number of rotatable bonds is 5. The van der Waals surface area contributed by atoms with Crippen LogP contribution in [0.4, 0.5) is 0 Å². The third-order valence-electron chi connectivity index (χ3n) is 1.67. The van der Waals surface area contributed by atoms with Crippen LogP contribution in [0.5, 0.6) is 0 Å². The summed E-state index contributed by atoms with van der Waals surface area (Å²) in [5.41, 5.74) is 0.926. The van der Waals surface area contributed by atoms with Gasteiger partial charge < -0.3 is 10.4 Å². The molecule has 5 nitrogen and oxygen atoms in total. The van der Waals surface area contributed by atoms with Crippen molar-refractivity contribution in [2.75, 3.05) is 0 Å². The number of hydrogen-bond acceptors (Lipinski definition) is 4. The van der Waals surface area contributed by atoms with E-state index >= 15 is 0 Å². The number of carbonyl (C=O) groups is 2. The Balaban J connectivity index is 2.25. The van der Waals surface area contributed by atoms with Crippen molar-refractivity contribution < 1.29 is 14.7 Å². The summed E-state index contributed by atoms with van der Waals surface area (Å²) < 4.78 is 0. The smallest absolute Gasteiger partial charge is 0.303 e. The zero-order valence-electron chi connectivity index (χ0n) is 8.32. The quantitative estimate of drug-likeness (QED) is 0.785. The molecule has 1 aromatic heterocycles. The average Bonchev–Trinajstić information content (AvgIpc) is 2.58. The van der Waals surface area contributed by atoms with E-state index in [0.29, 0.717) is 6.54 Å². The number of carbonyl (C=O) groups excluding carboxylic acids is 1. The van der Waals surface area contributed by atoms with Crippen molar-refractivity contribution in [2.45, 2.75) is 26.3 Å². The minimum absolute atomic E-state index is 0.0136. The normalized spacial score (nSPS) is 9.93. The molecule has 0 aromatic carbocycles. The Morgan fingerprint density at radius 1 is 1.53 bits per heavy atom. The van der Waals surface area contributed by atoms with E-state index in [1.54, 1.807) is 0 Å². The molecule has 0 unspecified atom stereocenters. The molecular formula is C9H12N2O3S. The summed E-state index contributed by atoms with van der Waals surface area (Å²) in [6.07, 6.45) is -0.123. The molecule has 0 aliphatic carbocycles. The van der Waals surface area contributed by atoms with E-state index in [-0.39, 0.29) is 18.7 Å². The van der Waals surface area contributed by atoms with Crippen LogP contribution >= 0.6 is 11.3 Å². The molecule has 0 bridgehead atoms. The Hall–Kier alpha value is -1.43. The standard InChI is InChI=1S/C9H12N2O3S/c1-6-5-15-8(11-6)4-10-7(12)2-3-9(13)14/h5H,2-4H2,1H3,(H,10,12)(H,13,14). The molecule has 0 saturated carbocycles. The Morgan fingerprint density at radius 3 is 2.80 bits per heavy atom. The Bertz CT molecular complexity index is 362. The fourth-order valence-electron chi connectivity index (χ4n) is 0.967. The fourth-order valence-corrected chi connectivity index (χ4v) is 1.68. The van der Waals surface area contributed by atoms with Gasteiger partial charge in [0.25, 0.3) is 0 Å². The van der Waals surface area contributed by atoms with Crippen molar-refractivity contribution in [3.8, 4) is 0 Å².